The van der Waals surface area contributed by atoms with E-state index in [9.17, 15) is 9.50 Å². The number of ether oxygens (including phenoxy) is 1. The zero-order valence-corrected chi connectivity index (χ0v) is 9.35. The Bertz CT molecular complexity index is 372. The molecule has 5 heteroatoms. The molecular weight excluding hydrogens is 274 g/mol. The largest absolute Gasteiger partial charge is 0.490 e. The number of halogens is 3. The fourth-order valence-corrected chi connectivity index (χ4v) is 2.09. The molecule has 0 fully saturated rings. The SMILES string of the molecule is OC1c2cc(F)cc(Cl)c2OCC1Br. The Morgan fingerprint density at radius 1 is 1.57 bits per heavy atom. The number of fused-ring (bicyclic) bond motifs is 1. The molecule has 1 N–H and O–H groups in total. The summed E-state index contributed by atoms with van der Waals surface area (Å²) in [5.74, 6) is -0.103. The van der Waals surface area contributed by atoms with Crippen molar-refractivity contribution in [2.75, 3.05) is 6.61 Å². The predicted octanol–water partition coefficient (Wildman–Crippen LogP) is 2.67. The van der Waals surface area contributed by atoms with Crippen LogP contribution >= 0.6 is 27.5 Å². The van der Waals surface area contributed by atoms with E-state index in [0.717, 1.165) is 0 Å². The molecule has 76 valence electrons. The molecule has 14 heavy (non-hydrogen) atoms. The second-order valence-electron chi connectivity index (χ2n) is 3.08. The molecule has 1 heterocycles. The third kappa shape index (κ3) is 1.62. The molecule has 1 aliphatic heterocycles. The van der Waals surface area contributed by atoms with Crippen LogP contribution in [0.5, 0.6) is 5.75 Å². The standard InChI is InChI=1S/C9H7BrClFO2/c10-6-3-14-9-5(8(6)13)1-4(12)2-7(9)11/h1-2,6,8,13H,3H2. The number of aliphatic hydroxyl groups is 1. The van der Waals surface area contributed by atoms with E-state index in [0.29, 0.717) is 17.9 Å². The topological polar surface area (TPSA) is 29.5 Å². The second kappa shape index (κ2) is 3.68. The molecule has 1 aliphatic rings. The normalized spacial score (nSPS) is 25.4. The molecule has 2 atom stereocenters. The molecular formula is C9H7BrClFO2. The first kappa shape index (κ1) is 10.2. The fraction of sp³-hybridized carbons (Fsp3) is 0.333. The van der Waals surface area contributed by atoms with Crippen molar-refractivity contribution in [1.29, 1.82) is 0 Å². The lowest BCUT2D eigenvalue weighted by molar-refractivity contribution is 0.125. The van der Waals surface area contributed by atoms with Crippen molar-refractivity contribution in [3.63, 3.8) is 0 Å². The molecule has 1 aromatic carbocycles. The van der Waals surface area contributed by atoms with Gasteiger partial charge in [-0.25, -0.2) is 4.39 Å². The number of hydrogen-bond donors (Lipinski definition) is 1. The van der Waals surface area contributed by atoms with Gasteiger partial charge in [0.25, 0.3) is 0 Å². The Morgan fingerprint density at radius 2 is 2.29 bits per heavy atom. The smallest absolute Gasteiger partial charge is 0.143 e. The minimum Gasteiger partial charge on any atom is -0.490 e. The fourth-order valence-electron chi connectivity index (χ4n) is 1.40. The van der Waals surface area contributed by atoms with E-state index in [1.165, 1.54) is 12.1 Å². The Kier molecular flexibility index (Phi) is 2.68. The van der Waals surface area contributed by atoms with Crippen LogP contribution in [0.1, 0.15) is 11.7 Å². The van der Waals surface area contributed by atoms with Gasteiger partial charge in [0.05, 0.1) is 16.0 Å². The van der Waals surface area contributed by atoms with Gasteiger partial charge in [0, 0.05) is 5.56 Å². The monoisotopic (exact) mass is 280 g/mol. The van der Waals surface area contributed by atoms with Crippen LogP contribution in [0.25, 0.3) is 0 Å². The Labute approximate surface area is 93.8 Å². The highest BCUT2D eigenvalue weighted by Crippen LogP contribution is 2.40. The van der Waals surface area contributed by atoms with Crippen LogP contribution < -0.4 is 4.74 Å². The van der Waals surface area contributed by atoms with Gasteiger partial charge in [-0.2, -0.15) is 0 Å². The van der Waals surface area contributed by atoms with Gasteiger partial charge in [-0.05, 0) is 12.1 Å². The van der Waals surface area contributed by atoms with Gasteiger partial charge in [0.15, 0.2) is 0 Å². The Balaban J connectivity index is 2.54. The van der Waals surface area contributed by atoms with Crippen molar-refractivity contribution >= 4 is 27.5 Å². The van der Waals surface area contributed by atoms with Crippen LogP contribution in [-0.4, -0.2) is 16.5 Å². The number of aliphatic hydroxyl groups excluding tert-OH is 1. The molecule has 0 saturated carbocycles. The van der Waals surface area contributed by atoms with Crippen LogP contribution in [-0.2, 0) is 0 Å². The molecule has 0 radical (unpaired) electrons. The lowest BCUT2D eigenvalue weighted by atomic mass is 10.0. The quantitative estimate of drug-likeness (QED) is 0.741. The molecule has 2 rings (SSSR count). The van der Waals surface area contributed by atoms with Gasteiger partial charge in [0.2, 0.25) is 0 Å². The molecule has 0 spiro atoms. The van der Waals surface area contributed by atoms with Gasteiger partial charge < -0.3 is 9.84 Å². The van der Waals surface area contributed by atoms with E-state index in [1.807, 2.05) is 0 Å². The van der Waals surface area contributed by atoms with Crippen molar-refractivity contribution in [3.8, 4) is 5.75 Å². The minimum absolute atomic E-state index is 0.193. The van der Waals surface area contributed by atoms with Crippen molar-refractivity contribution in [2.45, 2.75) is 10.9 Å². The summed E-state index contributed by atoms with van der Waals surface area (Å²) in [5, 5.41) is 9.92. The molecule has 1 aromatic rings. The van der Waals surface area contributed by atoms with Gasteiger partial charge in [0.1, 0.15) is 18.2 Å². The van der Waals surface area contributed by atoms with Crippen molar-refractivity contribution < 1.29 is 14.2 Å². The van der Waals surface area contributed by atoms with Gasteiger partial charge >= 0.3 is 0 Å². The van der Waals surface area contributed by atoms with E-state index in [2.05, 4.69) is 15.9 Å². The van der Waals surface area contributed by atoms with Gasteiger partial charge in [-0.1, -0.05) is 27.5 Å². The molecule has 0 amide bonds. The van der Waals surface area contributed by atoms with Crippen LogP contribution in [0.2, 0.25) is 5.02 Å². The zero-order valence-electron chi connectivity index (χ0n) is 7.01. The lowest BCUT2D eigenvalue weighted by Gasteiger charge is -2.27. The predicted molar refractivity (Wildman–Crippen MR) is 54.6 cm³/mol. The number of rotatable bonds is 0. The third-order valence-electron chi connectivity index (χ3n) is 2.09. The highest BCUT2D eigenvalue weighted by molar-refractivity contribution is 9.09. The maximum atomic E-state index is 13.0. The van der Waals surface area contributed by atoms with E-state index >= 15 is 0 Å². The van der Waals surface area contributed by atoms with Gasteiger partial charge in [-0.3, -0.25) is 0 Å². The molecule has 2 nitrogen and oxygen atoms in total. The van der Waals surface area contributed by atoms with E-state index in [-0.39, 0.29) is 9.85 Å². The highest BCUT2D eigenvalue weighted by Gasteiger charge is 2.29. The average Bonchev–Trinajstić information content (AvgIpc) is 2.12. The van der Waals surface area contributed by atoms with E-state index < -0.39 is 11.9 Å². The van der Waals surface area contributed by atoms with Crippen LogP contribution in [0.15, 0.2) is 12.1 Å². The minimum atomic E-state index is -0.785. The molecule has 0 bridgehead atoms. The van der Waals surface area contributed by atoms with E-state index in [1.54, 1.807) is 0 Å². The third-order valence-corrected chi connectivity index (χ3v) is 3.13. The molecule has 0 saturated heterocycles. The summed E-state index contributed by atoms with van der Waals surface area (Å²) in [7, 11) is 0. The molecule has 0 aromatic heterocycles. The van der Waals surface area contributed by atoms with Crippen LogP contribution in [0, 0.1) is 5.82 Å². The highest BCUT2D eigenvalue weighted by atomic mass is 79.9. The van der Waals surface area contributed by atoms with Crippen molar-refractivity contribution in [1.82, 2.24) is 0 Å². The summed E-state index contributed by atoms with van der Waals surface area (Å²) < 4.78 is 18.3. The van der Waals surface area contributed by atoms with Crippen LogP contribution in [0.3, 0.4) is 0 Å². The first-order valence-electron chi connectivity index (χ1n) is 4.03. The maximum absolute atomic E-state index is 13.0. The molecule has 0 aliphatic carbocycles. The maximum Gasteiger partial charge on any atom is 0.143 e. The summed E-state index contributed by atoms with van der Waals surface area (Å²) in [6.07, 6.45) is -0.785. The van der Waals surface area contributed by atoms with Crippen molar-refractivity contribution in [2.24, 2.45) is 0 Å². The first-order chi connectivity index (χ1) is 6.59. The summed E-state index contributed by atoms with van der Waals surface area (Å²) in [6, 6.07) is 2.40. The van der Waals surface area contributed by atoms with Crippen LogP contribution in [0.4, 0.5) is 4.39 Å². The number of hydrogen-bond acceptors (Lipinski definition) is 2. The Hall–Kier alpha value is -0.320. The number of alkyl halides is 1. The zero-order chi connectivity index (χ0) is 10.3. The lowest BCUT2D eigenvalue weighted by Crippen LogP contribution is -2.26. The Morgan fingerprint density at radius 3 is 3.00 bits per heavy atom. The number of benzene rings is 1. The second-order valence-corrected chi connectivity index (χ2v) is 4.66. The summed E-state index contributed by atoms with van der Waals surface area (Å²) in [5.41, 5.74) is 0.392. The average molecular weight is 282 g/mol. The summed E-state index contributed by atoms with van der Waals surface area (Å²) in [4.78, 5) is -0.229. The van der Waals surface area contributed by atoms with Gasteiger partial charge in [-0.15, -0.1) is 0 Å². The van der Waals surface area contributed by atoms with E-state index in [4.69, 9.17) is 16.3 Å². The molecule has 2 unspecified atom stereocenters. The first-order valence-corrected chi connectivity index (χ1v) is 5.33. The van der Waals surface area contributed by atoms with Crippen molar-refractivity contribution in [3.05, 3.63) is 28.5 Å². The summed E-state index contributed by atoms with van der Waals surface area (Å²) in [6.45, 7) is 0.319. The summed E-state index contributed by atoms with van der Waals surface area (Å²) >= 11 is 9.00.